The molecule has 0 unspecified atom stereocenters. The number of nitrogens with one attached hydrogen (secondary N) is 1. The number of hydrogen-bond donors (Lipinski definition) is 1. The third kappa shape index (κ3) is 4.08. The summed E-state index contributed by atoms with van der Waals surface area (Å²) >= 11 is 0. The molecule has 0 spiro atoms. The Labute approximate surface area is 157 Å². The Bertz CT molecular complexity index is 874. The summed E-state index contributed by atoms with van der Waals surface area (Å²) < 4.78 is 5.31. The lowest BCUT2D eigenvalue weighted by atomic mass is 10.2. The molecule has 0 aliphatic carbocycles. The van der Waals surface area contributed by atoms with Crippen molar-refractivity contribution in [2.24, 2.45) is 0 Å². The van der Waals surface area contributed by atoms with Gasteiger partial charge in [-0.05, 0) is 36.4 Å². The fourth-order valence-corrected chi connectivity index (χ4v) is 3.10. The number of carbonyl (C=O) groups is 1. The molecule has 1 aliphatic rings. The molecule has 7 heteroatoms. The number of amides is 1. The molecule has 0 aromatic carbocycles. The highest BCUT2D eigenvalue weighted by Gasteiger charge is 2.23. The molecule has 0 bridgehead atoms. The molecule has 1 aliphatic heterocycles. The van der Waals surface area contributed by atoms with E-state index in [-0.39, 0.29) is 5.91 Å². The Hall–Kier alpha value is -3.35. The van der Waals surface area contributed by atoms with Gasteiger partial charge in [0.15, 0.2) is 0 Å². The minimum Gasteiger partial charge on any atom is -0.467 e. The van der Waals surface area contributed by atoms with Gasteiger partial charge < -0.3 is 19.5 Å². The van der Waals surface area contributed by atoms with Crippen molar-refractivity contribution in [2.45, 2.75) is 6.54 Å². The number of nitrogens with zero attached hydrogens (tertiary/aromatic N) is 4. The van der Waals surface area contributed by atoms with Crippen LogP contribution >= 0.6 is 0 Å². The van der Waals surface area contributed by atoms with Crippen LogP contribution in [0.15, 0.2) is 65.5 Å². The highest BCUT2D eigenvalue weighted by atomic mass is 16.3. The molecular weight excluding hydrogens is 342 g/mol. The first kappa shape index (κ1) is 17.1. The summed E-state index contributed by atoms with van der Waals surface area (Å²) in [5.74, 6) is 1.74. The smallest absolute Gasteiger partial charge is 0.272 e. The van der Waals surface area contributed by atoms with Crippen molar-refractivity contribution in [3.63, 3.8) is 0 Å². The van der Waals surface area contributed by atoms with Crippen LogP contribution < -0.4 is 10.2 Å². The molecule has 1 fully saturated rings. The molecule has 4 heterocycles. The number of piperazine rings is 1. The van der Waals surface area contributed by atoms with Gasteiger partial charge in [-0.15, -0.1) is 0 Å². The Morgan fingerprint density at radius 2 is 1.93 bits per heavy atom. The normalized spacial score (nSPS) is 14.2. The zero-order chi connectivity index (χ0) is 18.5. The number of aromatic nitrogens is 2. The molecule has 27 heavy (non-hydrogen) atoms. The van der Waals surface area contributed by atoms with Crippen LogP contribution in [-0.2, 0) is 6.54 Å². The van der Waals surface area contributed by atoms with Crippen LogP contribution in [0.5, 0.6) is 0 Å². The highest BCUT2D eigenvalue weighted by Crippen LogP contribution is 2.16. The summed E-state index contributed by atoms with van der Waals surface area (Å²) in [6.07, 6.45) is 5.09. The minimum atomic E-state index is -0.0441. The molecule has 7 nitrogen and oxygen atoms in total. The summed E-state index contributed by atoms with van der Waals surface area (Å²) in [7, 11) is 0. The second-order valence-corrected chi connectivity index (χ2v) is 6.33. The monoisotopic (exact) mass is 363 g/mol. The van der Waals surface area contributed by atoms with Crippen molar-refractivity contribution in [3.8, 4) is 0 Å². The Balaban J connectivity index is 1.36. The predicted molar refractivity (Wildman–Crippen MR) is 103 cm³/mol. The van der Waals surface area contributed by atoms with E-state index in [9.17, 15) is 4.79 Å². The van der Waals surface area contributed by atoms with Crippen LogP contribution in [0.4, 0.5) is 11.5 Å². The van der Waals surface area contributed by atoms with E-state index in [1.807, 2.05) is 41.3 Å². The van der Waals surface area contributed by atoms with Crippen molar-refractivity contribution in [3.05, 3.63) is 72.6 Å². The molecule has 0 saturated carbocycles. The topological polar surface area (TPSA) is 74.5 Å². The van der Waals surface area contributed by atoms with E-state index in [1.165, 1.54) is 0 Å². The lowest BCUT2D eigenvalue weighted by molar-refractivity contribution is 0.0740. The van der Waals surface area contributed by atoms with Crippen molar-refractivity contribution in [1.82, 2.24) is 14.9 Å². The van der Waals surface area contributed by atoms with Gasteiger partial charge in [-0.3, -0.25) is 9.78 Å². The third-order valence-corrected chi connectivity index (χ3v) is 4.57. The van der Waals surface area contributed by atoms with E-state index in [4.69, 9.17) is 4.42 Å². The number of furan rings is 1. The maximum atomic E-state index is 12.8. The summed E-state index contributed by atoms with van der Waals surface area (Å²) in [5.41, 5.74) is 1.29. The van der Waals surface area contributed by atoms with Gasteiger partial charge in [0, 0.05) is 44.3 Å². The molecule has 1 amide bonds. The number of hydrogen-bond acceptors (Lipinski definition) is 6. The maximum absolute atomic E-state index is 12.8. The lowest BCUT2D eigenvalue weighted by Gasteiger charge is -2.35. The van der Waals surface area contributed by atoms with Crippen molar-refractivity contribution >= 4 is 17.4 Å². The van der Waals surface area contributed by atoms with Crippen molar-refractivity contribution in [1.29, 1.82) is 0 Å². The average Bonchev–Trinajstić information content (AvgIpc) is 3.26. The Morgan fingerprint density at radius 1 is 1.04 bits per heavy atom. The largest absolute Gasteiger partial charge is 0.467 e. The van der Waals surface area contributed by atoms with E-state index in [2.05, 4.69) is 20.2 Å². The van der Waals surface area contributed by atoms with Crippen molar-refractivity contribution < 1.29 is 9.21 Å². The first-order valence-corrected chi connectivity index (χ1v) is 8.97. The summed E-state index contributed by atoms with van der Waals surface area (Å²) in [4.78, 5) is 25.5. The second kappa shape index (κ2) is 7.90. The number of carbonyl (C=O) groups excluding carboxylic acids is 1. The summed E-state index contributed by atoms with van der Waals surface area (Å²) in [6, 6.07) is 13.3. The molecule has 0 atom stereocenters. The highest BCUT2D eigenvalue weighted by molar-refractivity contribution is 5.93. The average molecular weight is 363 g/mol. The van der Waals surface area contributed by atoms with Gasteiger partial charge in [0.25, 0.3) is 5.91 Å². The lowest BCUT2D eigenvalue weighted by Crippen LogP contribution is -2.49. The van der Waals surface area contributed by atoms with E-state index in [0.717, 1.165) is 30.4 Å². The Kier molecular flexibility index (Phi) is 5.00. The number of rotatable bonds is 5. The molecule has 3 aromatic heterocycles. The first-order chi connectivity index (χ1) is 13.3. The summed E-state index contributed by atoms with van der Waals surface area (Å²) in [5, 5.41) is 3.25. The van der Waals surface area contributed by atoms with Gasteiger partial charge in [-0.25, -0.2) is 4.98 Å². The van der Waals surface area contributed by atoms with Crippen LogP contribution in [0.25, 0.3) is 0 Å². The molecule has 4 rings (SSSR count). The Morgan fingerprint density at radius 3 is 2.67 bits per heavy atom. The second-order valence-electron chi connectivity index (χ2n) is 6.33. The van der Waals surface area contributed by atoms with Gasteiger partial charge in [0.1, 0.15) is 17.3 Å². The number of pyridine rings is 2. The molecule has 138 valence electrons. The van der Waals surface area contributed by atoms with E-state index in [0.29, 0.717) is 25.3 Å². The van der Waals surface area contributed by atoms with E-state index >= 15 is 0 Å². The van der Waals surface area contributed by atoms with Crippen LogP contribution in [0.2, 0.25) is 0 Å². The maximum Gasteiger partial charge on any atom is 0.272 e. The molecule has 0 radical (unpaired) electrons. The zero-order valence-corrected chi connectivity index (χ0v) is 14.9. The molecule has 1 N–H and O–H groups in total. The first-order valence-electron chi connectivity index (χ1n) is 8.97. The summed E-state index contributed by atoms with van der Waals surface area (Å²) in [6.45, 7) is 3.40. The van der Waals surface area contributed by atoms with Gasteiger partial charge in [-0.2, -0.15) is 0 Å². The van der Waals surface area contributed by atoms with E-state index < -0.39 is 0 Å². The van der Waals surface area contributed by atoms with Gasteiger partial charge in [-0.1, -0.05) is 6.07 Å². The van der Waals surface area contributed by atoms with Gasteiger partial charge in [0.2, 0.25) is 0 Å². The standard InChI is InChI=1S/C20H21N5O2/c26-20(25-11-9-24(10-12-25)19-5-1-2-7-22-19)18-14-16(6-8-21-18)23-15-17-4-3-13-27-17/h1-8,13-14H,9-12,15H2,(H,21,23). The van der Waals surface area contributed by atoms with Crippen LogP contribution in [0, 0.1) is 0 Å². The number of anilines is 2. The van der Waals surface area contributed by atoms with Crippen LogP contribution in [0.1, 0.15) is 16.2 Å². The minimum absolute atomic E-state index is 0.0441. The van der Waals surface area contributed by atoms with Crippen molar-refractivity contribution in [2.75, 3.05) is 36.4 Å². The molecule has 3 aromatic rings. The quantitative estimate of drug-likeness (QED) is 0.751. The zero-order valence-electron chi connectivity index (χ0n) is 14.9. The van der Waals surface area contributed by atoms with Crippen LogP contribution in [-0.4, -0.2) is 47.0 Å². The predicted octanol–water partition coefficient (Wildman–Crippen LogP) is 2.64. The molecule has 1 saturated heterocycles. The fraction of sp³-hybridized carbons (Fsp3) is 0.250. The van der Waals surface area contributed by atoms with E-state index in [1.54, 1.807) is 24.7 Å². The van der Waals surface area contributed by atoms with Gasteiger partial charge >= 0.3 is 0 Å². The van der Waals surface area contributed by atoms with Gasteiger partial charge in [0.05, 0.1) is 12.8 Å². The fourth-order valence-electron chi connectivity index (χ4n) is 3.10. The SMILES string of the molecule is O=C(c1cc(NCc2ccco2)ccn1)N1CCN(c2ccccn2)CC1. The molecular formula is C20H21N5O2. The van der Waals surface area contributed by atoms with Crippen LogP contribution in [0.3, 0.4) is 0 Å². The third-order valence-electron chi connectivity index (χ3n) is 4.57.